The third-order valence-electron chi connectivity index (χ3n) is 5.69. The highest BCUT2D eigenvalue weighted by molar-refractivity contribution is 7.61. The maximum Gasteiger partial charge on any atom is 0.483 e. The van der Waals surface area contributed by atoms with Crippen LogP contribution in [0.3, 0.4) is 0 Å². The molecule has 222 valence electrons. The molecule has 4 heterocycles. The standard InChI is InChI=1S/C16H23N3O17P2.H3N/c20-3-5-9(22)10(23)11(24)14(33-5)35-38(29,30)36-37(27,28)31-4-6-12-8(18-16(26)34-12)13(32-6)19-2-1-7(21)17-15(19)25;/h1-2,5-6,8-14,20,22-24H,3-4H2,(H,18,26)(H,27,28)(H,29,30)(H,17,21,25);1H3/t5-,6-,8-,9-,10+,11-,12-,13-,14-;/m1./s1. The van der Waals surface area contributed by atoms with Crippen LogP contribution in [0.2, 0.25) is 0 Å². The summed E-state index contributed by atoms with van der Waals surface area (Å²) in [6.07, 6.45) is -13.2. The topological polar surface area (TPSA) is 330 Å². The third kappa shape index (κ3) is 6.81. The SMILES string of the molecule is N.O=C1N[C@@H]2[C@H](O1)[C@@H](COP(=O)(O)OP(=O)(O)O[C@H]1O[C@H](CO)[C@@H](O)[C@H](O)[C@H]1O)O[C@H]2n1ccc(=O)[nH]c1=O. The number of hydrogen-bond acceptors (Lipinski definition) is 16. The normalized spacial score (nSPS) is 37.1. The number of amides is 1. The monoisotopic (exact) mass is 608 g/mol. The minimum Gasteiger partial charge on any atom is -0.441 e. The number of aromatic nitrogens is 2. The van der Waals surface area contributed by atoms with E-state index in [0.717, 1.165) is 16.8 Å². The van der Waals surface area contributed by atoms with Crippen molar-refractivity contribution in [3.05, 3.63) is 33.1 Å². The van der Waals surface area contributed by atoms with Crippen molar-refractivity contribution in [2.75, 3.05) is 13.2 Å². The molecule has 3 aliphatic rings. The summed E-state index contributed by atoms with van der Waals surface area (Å²) in [5.41, 5.74) is -1.60. The van der Waals surface area contributed by atoms with Crippen LogP contribution in [0.1, 0.15) is 6.23 Å². The molecule has 21 nitrogen and oxygen atoms in total. The van der Waals surface area contributed by atoms with Gasteiger partial charge >= 0.3 is 27.4 Å². The summed E-state index contributed by atoms with van der Waals surface area (Å²) in [4.78, 5) is 57.0. The highest BCUT2D eigenvalue weighted by atomic mass is 31.3. The van der Waals surface area contributed by atoms with E-state index in [0.29, 0.717) is 0 Å². The second-order valence-corrected chi connectivity index (χ2v) is 11.2. The van der Waals surface area contributed by atoms with E-state index in [1.54, 1.807) is 0 Å². The number of H-pyrrole nitrogens is 1. The van der Waals surface area contributed by atoms with Crippen LogP contribution in [0.15, 0.2) is 21.9 Å². The number of ether oxygens (including phenoxy) is 3. The third-order valence-corrected chi connectivity index (χ3v) is 8.29. The molecule has 4 rings (SSSR count). The van der Waals surface area contributed by atoms with Gasteiger partial charge in [0, 0.05) is 12.3 Å². The minimum atomic E-state index is -5.58. The van der Waals surface area contributed by atoms with E-state index >= 15 is 0 Å². The first-order chi connectivity index (χ1) is 17.7. The van der Waals surface area contributed by atoms with E-state index in [4.69, 9.17) is 19.3 Å². The number of phosphoric ester groups is 2. The van der Waals surface area contributed by atoms with Crippen LogP contribution in [-0.4, -0.2) is 108 Å². The Labute approximate surface area is 216 Å². The predicted octanol–water partition coefficient (Wildman–Crippen LogP) is -3.88. The first-order valence-electron chi connectivity index (χ1n) is 10.7. The van der Waals surface area contributed by atoms with Crippen LogP contribution in [0.5, 0.6) is 0 Å². The van der Waals surface area contributed by atoms with Crippen molar-refractivity contribution < 1.29 is 71.7 Å². The van der Waals surface area contributed by atoms with Gasteiger partial charge in [-0.25, -0.2) is 18.7 Å². The summed E-state index contributed by atoms with van der Waals surface area (Å²) < 4.78 is 54.3. The molecule has 0 spiro atoms. The Morgan fingerprint density at radius 2 is 1.69 bits per heavy atom. The van der Waals surface area contributed by atoms with Crippen molar-refractivity contribution in [3.63, 3.8) is 0 Å². The summed E-state index contributed by atoms with van der Waals surface area (Å²) in [7, 11) is -11.0. The molecule has 11 atom stereocenters. The summed E-state index contributed by atoms with van der Waals surface area (Å²) in [5.74, 6) is 0. The first kappa shape index (κ1) is 31.5. The smallest absolute Gasteiger partial charge is 0.441 e. The van der Waals surface area contributed by atoms with E-state index in [9.17, 15) is 48.6 Å². The average Bonchev–Trinajstić information content (AvgIpc) is 3.35. The number of carbonyl (C=O) groups is 1. The number of nitrogens with zero attached hydrogens (tertiary/aromatic N) is 1. The highest BCUT2D eigenvalue weighted by Crippen LogP contribution is 2.61. The van der Waals surface area contributed by atoms with Crippen LogP contribution in [0, 0.1) is 0 Å². The van der Waals surface area contributed by atoms with Gasteiger partial charge in [-0.3, -0.25) is 23.4 Å². The Balaban J connectivity index is 0.00000420. The van der Waals surface area contributed by atoms with Crippen LogP contribution in [0.25, 0.3) is 0 Å². The van der Waals surface area contributed by atoms with Crippen molar-refractivity contribution >= 4 is 21.7 Å². The Morgan fingerprint density at radius 3 is 2.33 bits per heavy atom. The van der Waals surface area contributed by atoms with Gasteiger partial charge in [0.25, 0.3) is 5.56 Å². The van der Waals surface area contributed by atoms with E-state index < -0.39 is 101 Å². The maximum atomic E-state index is 12.3. The highest BCUT2D eigenvalue weighted by Gasteiger charge is 2.54. The van der Waals surface area contributed by atoms with Gasteiger partial charge in [0.05, 0.1) is 13.2 Å². The van der Waals surface area contributed by atoms with Gasteiger partial charge < -0.3 is 55.9 Å². The van der Waals surface area contributed by atoms with Gasteiger partial charge in [0.1, 0.15) is 36.6 Å². The van der Waals surface area contributed by atoms with Crippen molar-refractivity contribution in [1.29, 1.82) is 0 Å². The number of aliphatic hydroxyl groups excluding tert-OH is 4. The van der Waals surface area contributed by atoms with E-state index in [2.05, 4.69) is 18.7 Å². The molecule has 1 aromatic rings. The second-order valence-electron chi connectivity index (χ2n) is 8.24. The Kier molecular flexibility index (Phi) is 9.52. The number of alkyl carbamates (subject to hydrolysis) is 1. The van der Waals surface area contributed by atoms with E-state index in [1.807, 2.05) is 4.98 Å². The number of carbonyl (C=O) groups excluding carboxylic acids is 1. The lowest BCUT2D eigenvalue weighted by atomic mass is 10.00. The summed E-state index contributed by atoms with van der Waals surface area (Å²) in [6, 6.07) is 0.00253. The summed E-state index contributed by atoms with van der Waals surface area (Å²) >= 11 is 0. The zero-order chi connectivity index (χ0) is 28.0. The number of aromatic amines is 1. The lowest BCUT2D eigenvalue weighted by Gasteiger charge is -2.39. The van der Waals surface area contributed by atoms with Gasteiger partial charge in [0.2, 0.25) is 0 Å². The molecule has 11 N–H and O–H groups in total. The fraction of sp³-hybridized carbons (Fsp3) is 0.688. The molecule has 0 aliphatic carbocycles. The number of phosphoric acid groups is 2. The molecule has 2 unspecified atom stereocenters. The van der Waals surface area contributed by atoms with Crippen LogP contribution >= 0.6 is 15.6 Å². The van der Waals surface area contributed by atoms with Crippen LogP contribution < -0.4 is 22.7 Å². The molecule has 3 saturated heterocycles. The largest absolute Gasteiger partial charge is 0.483 e. The van der Waals surface area contributed by atoms with Gasteiger partial charge in [0.15, 0.2) is 18.6 Å². The Bertz CT molecular complexity index is 1260. The van der Waals surface area contributed by atoms with Gasteiger partial charge in [-0.05, 0) is 0 Å². The van der Waals surface area contributed by atoms with E-state index in [-0.39, 0.29) is 6.15 Å². The molecule has 3 fully saturated rings. The fourth-order valence-corrected chi connectivity index (χ4v) is 6.12. The zero-order valence-electron chi connectivity index (χ0n) is 19.5. The van der Waals surface area contributed by atoms with Crippen LogP contribution in [0.4, 0.5) is 4.79 Å². The second kappa shape index (κ2) is 11.8. The van der Waals surface area contributed by atoms with Gasteiger partial charge in [-0.1, -0.05) is 0 Å². The maximum absolute atomic E-state index is 12.3. The van der Waals surface area contributed by atoms with Crippen molar-refractivity contribution in [2.45, 2.75) is 55.2 Å². The number of fused-ring (bicyclic) bond motifs is 1. The molecule has 1 amide bonds. The lowest BCUT2D eigenvalue weighted by molar-refractivity contribution is -0.280. The molecule has 0 radical (unpaired) electrons. The fourth-order valence-electron chi connectivity index (χ4n) is 3.96. The van der Waals surface area contributed by atoms with Crippen molar-refractivity contribution in [3.8, 4) is 0 Å². The summed E-state index contributed by atoms with van der Waals surface area (Å²) in [6.45, 7) is -1.78. The van der Waals surface area contributed by atoms with E-state index in [1.165, 1.54) is 0 Å². The molecule has 1 aromatic heterocycles. The molecule has 23 heteroatoms. The number of rotatable bonds is 9. The Hall–Kier alpha value is -2.07. The predicted molar refractivity (Wildman–Crippen MR) is 119 cm³/mol. The quantitative estimate of drug-likeness (QED) is 0.121. The number of nitrogens with one attached hydrogen (secondary N) is 2. The van der Waals surface area contributed by atoms with Gasteiger partial charge in [-0.2, -0.15) is 4.31 Å². The number of hydrogen-bond donors (Lipinski definition) is 9. The van der Waals surface area contributed by atoms with Crippen molar-refractivity contribution in [2.24, 2.45) is 0 Å². The van der Waals surface area contributed by atoms with Gasteiger partial charge in [-0.15, -0.1) is 0 Å². The van der Waals surface area contributed by atoms with Crippen LogP contribution in [-0.2, 0) is 36.7 Å². The average molecular weight is 608 g/mol. The summed E-state index contributed by atoms with van der Waals surface area (Å²) in [5, 5.41) is 40.9. The lowest BCUT2D eigenvalue weighted by Crippen LogP contribution is -2.58. The molecular weight excluding hydrogens is 582 g/mol. The molecule has 0 bridgehead atoms. The molecule has 0 aromatic carbocycles. The van der Waals surface area contributed by atoms with Crippen molar-refractivity contribution in [1.82, 2.24) is 21.0 Å². The first-order valence-corrected chi connectivity index (χ1v) is 13.6. The molecule has 3 aliphatic heterocycles. The zero-order valence-corrected chi connectivity index (χ0v) is 21.3. The molecule has 0 saturated carbocycles. The molecular formula is C16H26N4O17P2. The minimum absolute atomic E-state index is 0. The molecule has 39 heavy (non-hydrogen) atoms. The number of aliphatic hydroxyl groups is 4. The Morgan fingerprint density at radius 1 is 1.00 bits per heavy atom.